The van der Waals surface area contributed by atoms with Crippen molar-refractivity contribution in [3.05, 3.63) is 24.3 Å². The zero-order valence-corrected chi connectivity index (χ0v) is 14.2. The SMILES string of the molecule is CC(C)(CCCS(=O)(=O)c1nc2ccccc2s1)C(=O)Cl. The normalized spacial score (nSPS) is 12.7. The Kier molecular flexibility index (Phi) is 4.70. The summed E-state index contributed by atoms with van der Waals surface area (Å²) in [5.41, 5.74) is -0.0117. The molecule has 0 radical (unpaired) electrons. The van der Waals surface area contributed by atoms with Gasteiger partial charge in [-0.25, -0.2) is 13.4 Å². The highest BCUT2D eigenvalue weighted by Crippen LogP contribution is 2.29. The molecule has 0 fully saturated rings. The van der Waals surface area contributed by atoms with E-state index in [2.05, 4.69) is 4.98 Å². The number of fused-ring (bicyclic) bond motifs is 1. The van der Waals surface area contributed by atoms with Crippen molar-refractivity contribution in [2.45, 2.75) is 31.0 Å². The zero-order valence-electron chi connectivity index (χ0n) is 11.8. The Morgan fingerprint density at radius 3 is 2.62 bits per heavy atom. The summed E-state index contributed by atoms with van der Waals surface area (Å²) < 4.78 is 25.6. The third-order valence-corrected chi connectivity index (χ3v) is 7.09. The minimum absolute atomic E-state index is 0.0274. The summed E-state index contributed by atoms with van der Waals surface area (Å²) in [7, 11) is -3.42. The molecule has 21 heavy (non-hydrogen) atoms. The van der Waals surface area contributed by atoms with Crippen molar-refractivity contribution < 1.29 is 13.2 Å². The van der Waals surface area contributed by atoms with Gasteiger partial charge >= 0.3 is 0 Å². The van der Waals surface area contributed by atoms with Crippen LogP contribution in [0.3, 0.4) is 0 Å². The molecule has 0 spiro atoms. The first-order valence-corrected chi connectivity index (χ1v) is 9.35. The Balaban J connectivity index is 2.10. The van der Waals surface area contributed by atoms with Gasteiger partial charge in [-0.15, -0.1) is 11.3 Å². The number of para-hydroxylation sites is 1. The van der Waals surface area contributed by atoms with Gasteiger partial charge in [-0.3, -0.25) is 4.79 Å². The maximum Gasteiger partial charge on any atom is 0.227 e. The van der Waals surface area contributed by atoms with E-state index in [1.54, 1.807) is 19.9 Å². The molecule has 0 N–H and O–H groups in total. The van der Waals surface area contributed by atoms with Crippen LogP contribution in [0.4, 0.5) is 0 Å². The largest absolute Gasteiger partial charge is 0.281 e. The maximum atomic E-state index is 12.3. The van der Waals surface area contributed by atoms with Crippen LogP contribution in [0.15, 0.2) is 28.6 Å². The number of carbonyl (C=O) groups excluding carboxylic acids is 1. The molecular weight excluding hydrogens is 330 g/mol. The van der Waals surface area contributed by atoms with E-state index < -0.39 is 20.5 Å². The fourth-order valence-corrected chi connectivity index (χ4v) is 4.63. The van der Waals surface area contributed by atoms with E-state index in [4.69, 9.17) is 11.6 Å². The van der Waals surface area contributed by atoms with Gasteiger partial charge < -0.3 is 0 Å². The predicted molar refractivity (Wildman–Crippen MR) is 85.5 cm³/mol. The maximum absolute atomic E-state index is 12.3. The van der Waals surface area contributed by atoms with Gasteiger partial charge in [0.2, 0.25) is 19.4 Å². The Hall–Kier alpha value is -0.980. The molecule has 0 unspecified atom stereocenters. The van der Waals surface area contributed by atoms with Gasteiger partial charge in [0.1, 0.15) is 0 Å². The molecule has 0 aliphatic heterocycles. The van der Waals surface area contributed by atoms with Gasteiger partial charge in [0.15, 0.2) is 0 Å². The number of hydrogen-bond donors (Lipinski definition) is 0. The standard InChI is InChI=1S/C14H16ClNO3S2/c1-14(2,12(15)17)8-5-9-21(18,19)13-16-10-6-3-4-7-11(10)20-13/h3-4,6-7H,5,8-9H2,1-2H3. The quantitative estimate of drug-likeness (QED) is 0.750. The summed E-state index contributed by atoms with van der Waals surface area (Å²) in [6.45, 7) is 3.43. The van der Waals surface area contributed by atoms with Crippen LogP contribution in [-0.4, -0.2) is 24.4 Å². The summed E-state index contributed by atoms with van der Waals surface area (Å²) in [4.78, 5) is 15.4. The van der Waals surface area contributed by atoms with Crippen LogP contribution >= 0.6 is 22.9 Å². The molecular formula is C14H16ClNO3S2. The molecule has 0 aliphatic carbocycles. The molecule has 114 valence electrons. The number of rotatable bonds is 6. The molecule has 1 aromatic carbocycles. The van der Waals surface area contributed by atoms with Gasteiger partial charge in [0, 0.05) is 5.41 Å². The highest BCUT2D eigenvalue weighted by atomic mass is 35.5. The monoisotopic (exact) mass is 345 g/mol. The molecule has 0 aliphatic rings. The number of benzene rings is 1. The van der Waals surface area contributed by atoms with Crippen molar-refractivity contribution in [1.29, 1.82) is 0 Å². The van der Waals surface area contributed by atoms with E-state index in [9.17, 15) is 13.2 Å². The van der Waals surface area contributed by atoms with Crippen molar-refractivity contribution in [2.24, 2.45) is 5.41 Å². The van der Waals surface area contributed by atoms with Crippen LogP contribution in [0.5, 0.6) is 0 Å². The Morgan fingerprint density at radius 1 is 1.33 bits per heavy atom. The fraction of sp³-hybridized carbons (Fsp3) is 0.429. The van der Waals surface area contributed by atoms with E-state index in [1.807, 2.05) is 18.2 Å². The van der Waals surface area contributed by atoms with Gasteiger partial charge in [0.25, 0.3) is 0 Å². The van der Waals surface area contributed by atoms with Crippen molar-refractivity contribution in [2.75, 3.05) is 5.75 Å². The van der Waals surface area contributed by atoms with E-state index >= 15 is 0 Å². The molecule has 1 aromatic heterocycles. The smallest absolute Gasteiger partial charge is 0.227 e. The lowest BCUT2D eigenvalue weighted by atomic mass is 9.90. The van der Waals surface area contributed by atoms with Crippen LogP contribution in [-0.2, 0) is 14.6 Å². The number of hydrogen-bond acceptors (Lipinski definition) is 5. The Morgan fingerprint density at radius 2 is 2.00 bits per heavy atom. The topological polar surface area (TPSA) is 64.1 Å². The van der Waals surface area contributed by atoms with E-state index in [1.165, 1.54) is 11.3 Å². The van der Waals surface area contributed by atoms with Crippen molar-refractivity contribution in [3.8, 4) is 0 Å². The average molecular weight is 346 g/mol. The molecule has 0 bridgehead atoms. The fourth-order valence-electron chi connectivity index (χ4n) is 1.87. The first-order valence-electron chi connectivity index (χ1n) is 6.51. The highest BCUT2D eigenvalue weighted by molar-refractivity contribution is 7.93. The van der Waals surface area contributed by atoms with Gasteiger partial charge in [0.05, 0.1) is 16.0 Å². The van der Waals surface area contributed by atoms with E-state index in [0.29, 0.717) is 18.4 Å². The van der Waals surface area contributed by atoms with Crippen molar-refractivity contribution in [3.63, 3.8) is 0 Å². The number of nitrogens with zero attached hydrogens (tertiary/aromatic N) is 1. The molecule has 1 heterocycles. The van der Waals surface area contributed by atoms with Crippen molar-refractivity contribution >= 4 is 48.2 Å². The summed E-state index contributed by atoms with van der Waals surface area (Å²) in [6, 6.07) is 7.32. The number of sulfone groups is 1. The van der Waals surface area contributed by atoms with Gasteiger partial charge in [-0.1, -0.05) is 26.0 Å². The average Bonchev–Trinajstić information content (AvgIpc) is 2.82. The number of halogens is 1. The second-order valence-corrected chi connectivity index (χ2v) is 9.18. The van der Waals surface area contributed by atoms with Crippen LogP contribution in [0, 0.1) is 5.41 Å². The molecule has 2 aromatic rings. The summed E-state index contributed by atoms with van der Waals surface area (Å²) in [5.74, 6) is -0.0274. The van der Waals surface area contributed by atoms with Gasteiger partial charge in [-0.2, -0.15) is 0 Å². The third kappa shape index (κ3) is 3.81. The van der Waals surface area contributed by atoms with Crippen LogP contribution in [0.1, 0.15) is 26.7 Å². The molecule has 0 saturated heterocycles. The number of aromatic nitrogens is 1. The third-order valence-electron chi connectivity index (χ3n) is 3.29. The number of thiazole rings is 1. The van der Waals surface area contributed by atoms with Crippen LogP contribution < -0.4 is 0 Å². The minimum Gasteiger partial charge on any atom is -0.281 e. The molecule has 0 atom stereocenters. The lowest BCUT2D eigenvalue weighted by Gasteiger charge is -2.18. The molecule has 0 amide bonds. The molecule has 7 heteroatoms. The predicted octanol–water partition coefficient (Wildman–Crippen LogP) is 3.64. The van der Waals surface area contributed by atoms with Crippen LogP contribution in [0.2, 0.25) is 0 Å². The molecule has 4 nitrogen and oxygen atoms in total. The summed E-state index contributed by atoms with van der Waals surface area (Å²) in [6.07, 6.45) is 0.809. The molecule has 2 rings (SSSR count). The molecule has 0 saturated carbocycles. The van der Waals surface area contributed by atoms with E-state index in [-0.39, 0.29) is 10.1 Å². The zero-order chi connectivity index (χ0) is 15.7. The summed E-state index contributed by atoms with van der Waals surface area (Å²) in [5, 5.41) is -0.445. The Bertz CT molecular complexity index is 732. The Labute approximate surface area is 133 Å². The second-order valence-electron chi connectivity index (χ2n) is 5.53. The summed E-state index contributed by atoms with van der Waals surface area (Å²) >= 11 is 6.67. The number of carbonyl (C=O) groups is 1. The van der Waals surface area contributed by atoms with Crippen molar-refractivity contribution in [1.82, 2.24) is 4.98 Å². The second kappa shape index (κ2) is 6.02. The van der Waals surface area contributed by atoms with E-state index in [0.717, 1.165) is 4.70 Å². The minimum atomic E-state index is -3.42. The van der Waals surface area contributed by atoms with Crippen LogP contribution in [0.25, 0.3) is 10.2 Å². The van der Waals surface area contributed by atoms with Gasteiger partial charge in [-0.05, 0) is 36.6 Å². The first kappa shape index (κ1) is 16.4. The highest BCUT2D eigenvalue weighted by Gasteiger charge is 2.27. The first-order chi connectivity index (χ1) is 9.72. The lowest BCUT2D eigenvalue weighted by molar-refractivity contribution is -0.119. The lowest BCUT2D eigenvalue weighted by Crippen LogP contribution is -2.20.